The lowest BCUT2D eigenvalue weighted by molar-refractivity contribution is -0.128. The van der Waals surface area contributed by atoms with Crippen LogP contribution in [0.3, 0.4) is 0 Å². The quantitative estimate of drug-likeness (QED) is 0.338. The van der Waals surface area contributed by atoms with E-state index in [1.165, 1.54) is 9.36 Å². The molecular weight excluding hydrogens is 616 g/mol. The maximum absolute atomic E-state index is 13.8. The maximum atomic E-state index is 13.8. The molecule has 1 fully saturated rings. The Labute approximate surface area is 252 Å². The monoisotopic (exact) mass is 635 g/mol. The van der Waals surface area contributed by atoms with E-state index in [1.807, 2.05) is 0 Å². The predicted molar refractivity (Wildman–Crippen MR) is 154 cm³/mol. The minimum Gasteiger partial charge on any atom is -0.491 e. The second-order valence-electron chi connectivity index (χ2n) is 9.96. The Morgan fingerprint density at radius 3 is 2.22 bits per heavy atom. The summed E-state index contributed by atoms with van der Waals surface area (Å²) in [4.78, 5) is 50.6. The number of carbonyl (C=O) groups excluding carboxylic acids is 2. The molecule has 2 aromatic carbocycles. The van der Waals surface area contributed by atoms with E-state index >= 15 is 0 Å². The molecule has 1 aliphatic heterocycles. The number of alkyl halides is 2. The van der Waals surface area contributed by atoms with Crippen molar-refractivity contribution in [3.8, 4) is 11.4 Å². The fourth-order valence-corrected chi connectivity index (χ4v) is 7.59. The van der Waals surface area contributed by atoms with Gasteiger partial charge in [0.15, 0.2) is 11.6 Å². The third-order valence-electron chi connectivity index (χ3n) is 7.89. The van der Waals surface area contributed by atoms with E-state index in [0.29, 0.717) is 22.6 Å². The lowest BCUT2D eigenvalue weighted by atomic mass is 9.59. The Morgan fingerprint density at radius 2 is 1.56 bits per heavy atom. The summed E-state index contributed by atoms with van der Waals surface area (Å²) in [6.07, 6.45) is 1.43. The third-order valence-corrected chi connectivity index (χ3v) is 10.1. The number of aromatic nitrogens is 3. The zero-order chi connectivity index (χ0) is 29.3. The molecule has 0 saturated heterocycles. The molecule has 1 N–H and O–H groups in total. The van der Waals surface area contributed by atoms with Crippen LogP contribution in [0.5, 0.6) is 5.75 Å². The molecule has 0 bridgehead atoms. The van der Waals surface area contributed by atoms with Gasteiger partial charge < -0.3 is 9.84 Å². The first-order valence-electron chi connectivity index (χ1n) is 12.6. The number of halogens is 4. The topological polar surface area (TPSA) is 113 Å². The number of benzene rings is 2. The zero-order valence-electron chi connectivity index (χ0n) is 21.1. The number of para-hydroxylation sites is 1. The van der Waals surface area contributed by atoms with Crippen molar-refractivity contribution < 1.29 is 19.4 Å². The van der Waals surface area contributed by atoms with Crippen LogP contribution in [-0.2, 0) is 16.1 Å². The third kappa shape index (κ3) is 3.87. The van der Waals surface area contributed by atoms with Gasteiger partial charge in [0, 0.05) is 12.3 Å². The normalized spacial score (nSPS) is 27.2. The van der Waals surface area contributed by atoms with Crippen LogP contribution >= 0.6 is 46.4 Å². The Kier molecular flexibility index (Phi) is 6.86. The van der Waals surface area contributed by atoms with E-state index in [-0.39, 0.29) is 26.2 Å². The fourth-order valence-electron chi connectivity index (χ4n) is 6.06. The number of aliphatic hydroxyl groups is 1. The minimum atomic E-state index is -2.12. The van der Waals surface area contributed by atoms with E-state index in [0.717, 1.165) is 4.57 Å². The first kappa shape index (κ1) is 28.1. The number of nitrogens with zero attached hydrogens (tertiary/aromatic N) is 3. The number of Topliss-reactive ketones (excluding diaryl/α,β-unsaturated/α-hetero) is 2. The van der Waals surface area contributed by atoms with Gasteiger partial charge in [0.1, 0.15) is 32.2 Å². The molecular formula is C28H21Cl4N3O6. The van der Waals surface area contributed by atoms with Gasteiger partial charge in [-0.25, -0.2) is 23.5 Å². The average molecular weight is 637 g/mol. The SMILES string of the molecule is O=C1C(Cl)=C(Cl)C(=O)C2(Cl)C(c3ccc(OCCO)cc3)C3=CCn4c(=O)n(-c5ccccc5)c(=O)n4C3CC12Cl. The van der Waals surface area contributed by atoms with Crippen molar-refractivity contribution in [3.63, 3.8) is 0 Å². The van der Waals surface area contributed by atoms with Crippen molar-refractivity contribution in [2.75, 3.05) is 13.2 Å². The molecule has 6 rings (SSSR count). The Balaban J connectivity index is 1.58. The summed E-state index contributed by atoms with van der Waals surface area (Å²) in [6.45, 7) is -0.104. The molecule has 0 spiro atoms. The van der Waals surface area contributed by atoms with E-state index in [2.05, 4.69) is 0 Å². The van der Waals surface area contributed by atoms with Gasteiger partial charge in [0.2, 0.25) is 0 Å². The van der Waals surface area contributed by atoms with Crippen LogP contribution in [0.25, 0.3) is 5.69 Å². The second kappa shape index (κ2) is 10.0. The summed E-state index contributed by atoms with van der Waals surface area (Å²) in [5, 5.41) is 8.03. The van der Waals surface area contributed by atoms with Crippen LogP contribution in [0.2, 0.25) is 0 Å². The molecule has 4 unspecified atom stereocenters. The van der Waals surface area contributed by atoms with Crippen molar-refractivity contribution in [2.24, 2.45) is 0 Å². The lowest BCUT2D eigenvalue weighted by Gasteiger charge is -2.54. The van der Waals surface area contributed by atoms with Crippen LogP contribution < -0.4 is 16.1 Å². The highest BCUT2D eigenvalue weighted by Gasteiger charge is 2.71. The zero-order valence-corrected chi connectivity index (χ0v) is 24.1. The second-order valence-corrected chi connectivity index (χ2v) is 12.0. The van der Waals surface area contributed by atoms with Crippen molar-refractivity contribution in [2.45, 2.75) is 34.7 Å². The molecule has 2 aliphatic carbocycles. The Hall–Kier alpha value is -3.08. The predicted octanol–water partition coefficient (Wildman–Crippen LogP) is 3.64. The maximum Gasteiger partial charge on any atom is 0.352 e. The molecule has 41 heavy (non-hydrogen) atoms. The van der Waals surface area contributed by atoms with Gasteiger partial charge in [-0.1, -0.05) is 59.6 Å². The lowest BCUT2D eigenvalue weighted by Crippen LogP contribution is -2.67. The fraction of sp³-hybridized carbons (Fsp3) is 0.286. The molecule has 1 aromatic heterocycles. The van der Waals surface area contributed by atoms with E-state index in [4.69, 9.17) is 56.2 Å². The average Bonchev–Trinajstić information content (AvgIpc) is 3.24. The number of carbonyl (C=O) groups is 2. The molecule has 0 radical (unpaired) electrons. The summed E-state index contributed by atoms with van der Waals surface area (Å²) >= 11 is 26.8. The Bertz CT molecular complexity index is 1770. The molecule has 3 aliphatic rings. The number of fused-ring (bicyclic) bond motifs is 4. The van der Waals surface area contributed by atoms with Crippen LogP contribution in [0.1, 0.15) is 23.9 Å². The van der Waals surface area contributed by atoms with Crippen molar-refractivity contribution in [1.29, 1.82) is 0 Å². The molecule has 0 amide bonds. The van der Waals surface area contributed by atoms with Gasteiger partial charge in [0.25, 0.3) is 0 Å². The van der Waals surface area contributed by atoms with Crippen molar-refractivity contribution in [3.05, 3.63) is 103 Å². The van der Waals surface area contributed by atoms with Crippen molar-refractivity contribution >= 4 is 58.0 Å². The van der Waals surface area contributed by atoms with Crippen LogP contribution in [0.15, 0.2) is 85.9 Å². The van der Waals surface area contributed by atoms with E-state index in [9.17, 15) is 19.2 Å². The molecule has 4 atom stereocenters. The molecule has 2 heterocycles. The summed E-state index contributed by atoms with van der Waals surface area (Å²) in [5.74, 6) is -2.26. The van der Waals surface area contributed by atoms with Crippen LogP contribution in [-0.4, -0.2) is 53.6 Å². The summed E-state index contributed by atoms with van der Waals surface area (Å²) in [6, 6.07) is 14.1. The number of hydrogen-bond acceptors (Lipinski definition) is 6. The van der Waals surface area contributed by atoms with Gasteiger partial charge in [-0.3, -0.25) is 9.59 Å². The largest absolute Gasteiger partial charge is 0.491 e. The molecule has 1 saturated carbocycles. The summed E-state index contributed by atoms with van der Waals surface area (Å²) in [7, 11) is 0. The first-order chi connectivity index (χ1) is 19.6. The smallest absolute Gasteiger partial charge is 0.352 e. The van der Waals surface area contributed by atoms with Gasteiger partial charge >= 0.3 is 11.4 Å². The highest BCUT2D eigenvalue weighted by molar-refractivity contribution is 6.66. The van der Waals surface area contributed by atoms with Crippen LogP contribution in [0, 0.1) is 0 Å². The van der Waals surface area contributed by atoms with Gasteiger partial charge in [-0.2, -0.15) is 0 Å². The van der Waals surface area contributed by atoms with Crippen molar-refractivity contribution in [1.82, 2.24) is 13.9 Å². The van der Waals surface area contributed by atoms with Gasteiger partial charge in [-0.05, 0) is 35.4 Å². The molecule has 3 aromatic rings. The summed E-state index contributed by atoms with van der Waals surface area (Å²) < 4.78 is 9.05. The number of hydrogen-bond donors (Lipinski definition) is 1. The minimum absolute atomic E-state index is 0.00263. The highest BCUT2D eigenvalue weighted by Crippen LogP contribution is 2.63. The molecule has 9 nitrogen and oxygen atoms in total. The number of ether oxygens (including phenoxy) is 1. The molecule has 13 heteroatoms. The van der Waals surface area contributed by atoms with Gasteiger partial charge in [0.05, 0.1) is 24.9 Å². The van der Waals surface area contributed by atoms with E-state index in [1.54, 1.807) is 60.7 Å². The van der Waals surface area contributed by atoms with Crippen LogP contribution in [0.4, 0.5) is 0 Å². The number of allylic oxidation sites excluding steroid dienone is 4. The highest BCUT2D eigenvalue weighted by atomic mass is 35.5. The molecule has 212 valence electrons. The van der Waals surface area contributed by atoms with E-state index < -0.39 is 54.7 Å². The Morgan fingerprint density at radius 1 is 0.902 bits per heavy atom. The first-order valence-corrected chi connectivity index (χ1v) is 14.1. The number of aliphatic hydroxyl groups excluding tert-OH is 1. The standard InChI is InChI=1S/C28H21Cl4N3O6/c29-21-22(30)24(38)28(32)20(15-6-8-17(9-7-15)41-13-12-36)18-10-11-33-25(39)34(16-4-2-1-3-5-16)26(40)35(33)19(18)14-27(28,31)23(21)37/h1-10,19-20,36H,11-14H2. The van der Waals surface area contributed by atoms with Gasteiger partial charge in [-0.15, -0.1) is 23.2 Å². The number of rotatable bonds is 5. The summed E-state index contributed by atoms with van der Waals surface area (Å²) in [5.41, 5.74) is 0.179. The number of ketones is 2.